The van der Waals surface area contributed by atoms with Gasteiger partial charge in [0.25, 0.3) is 0 Å². The van der Waals surface area contributed by atoms with Crippen LogP contribution in [0.3, 0.4) is 0 Å². The number of nitrogens with two attached hydrogens (primary N) is 1. The predicted molar refractivity (Wildman–Crippen MR) is 120 cm³/mol. The molecule has 2 aromatic carbocycles. The summed E-state index contributed by atoms with van der Waals surface area (Å²) in [5.41, 5.74) is 11.2. The lowest BCUT2D eigenvalue weighted by Gasteiger charge is -2.30. The standard InChI is InChI=1S/C25H27N5/c26-21-13-7-8-14-22(21)30-17-28-25-23(24(30)27)20(19-11-5-2-6-12-19)16-29(25)15-18-9-3-1-4-10-18/h1-6,9-12,16-17,21-22,27H,7-8,13-15,26H2/t21-,22-/m1/s1. The minimum Gasteiger partial charge on any atom is -0.327 e. The lowest BCUT2D eigenvalue weighted by atomic mass is 9.91. The molecule has 0 amide bonds. The molecule has 2 heterocycles. The van der Waals surface area contributed by atoms with Crippen LogP contribution in [0.5, 0.6) is 0 Å². The Bertz CT molecular complexity index is 1210. The molecule has 1 fully saturated rings. The molecular formula is C25H27N5. The van der Waals surface area contributed by atoms with Crippen LogP contribution < -0.4 is 11.2 Å². The largest absolute Gasteiger partial charge is 0.327 e. The Kier molecular flexibility index (Phi) is 4.97. The molecule has 5 rings (SSSR count). The normalized spacial score (nSPS) is 19.2. The molecule has 1 aliphatic carbocycles. The Hall–Kier alpha value is -3.18. The van der Waals surface area contributed by atoms with E-state index < -0.39 is 0 Å². The molecule has 0 bridgehead atoms. The third-order valence-corrected chi connectivity index (χ3v) is 6.27. The lowest BCUT2D eigenvalue weighted by molar-refractivity contribution is 0.297. The van der Waals surface area contributed by atoms with Gasteiger partial charge >= 0.3 is 0 Å². The molecule has 2 aromatic heterocycles. The van der Waals surface area contributed by atoms with Crippen molar-refractivity contribution in [2.45, 2.75) is 44.3 Å². The molecule has 1 aliphatic rings. The van der Waals surface area contributed by atoms with Crippen LogP contribution in [0.2, 0.25) is 0 Å². The summed E-state index contributed by atoms with van der Waals surface area (Å²) in [6, 6.07) is 20.9. The minimum absolute atomic E-state index is 0.0821. The zero-order valence-corrected chi connectivity index (χ0v) is 17.0. The minimum atomic E-state index is 0.0821. The summed E-state index contributed by atoms with van der Waals surface area (Å²) in [6.45, 7) is 0.726. The number of fused-ring (bicyclic) bond motifs is 1. The van der Waals surface area contributed by atoms with Crippen LogP contribution in [-0.4, -0.2) is 20.2 Å². The summed E-state index contributed by atoms with van der Waals surface area (Å²) in [5.74, 6) is 0. The van der Waals surface area contributed by atoms with Crippen molar-refractivity contribution in [3.8, 4) is 11.1 Å². The molecule has 0 unspecified atom stereocenters. The lowest BCUT2D eigenvalue weighted by Crippen LogP contribution is -2.39. The van der Waals surface area contributed by atoms with Crippen molar-refractivity contribution < 1.29 is 0 Å². The third-order valence-electron chi connectivity index (χ3n) is 6.27. The predicted octanol–water partition coefficient (Wildman–Crippen LogP) is 4.47. The monoisotopic (exact) mass is 397 g/mol. The highest BCUT2D eigenvalue weighted by Gasteiger charge is 2.25. The van der Waals surface area contributed by atoms with Gasteiger partial charge in [-0.05, 0) is 24.0 Å². The smallest absolute Gasteiger partial charge is 0.146 e. The van der Waals surface area contributed by atoms with Gasteiger partial charge in [0.1, 0.15) is 11.1 Å². The second-order valence-electron chi connectivity index (χ2n) is 8.24. The van der Waals surface area contributed by atoms with E-state index in [4.69, 9.17) is 16.1 Å². The molecule has 0 aliphatic heterocycles. The van der Waals surface area contributed by atoms with Crippen LogP contribution in [-0.2, 0) is 6.54 Å². The van der Waals surface area contributed by atoms with Crippen molar-refractivity contribution in [3.63, 3.8) is 0 Å². The molecule has 3 N–H and O–H groups in total. The van der Waals surface area contributed by atoms with Crippen LogP contribution in [0.15, 0.2) is 73.2 Å². The van der Waals surface area contributed by atoms with Crippen LogP contribution in [0, 0.1) is 5.41 Å². The number of rotatable bonds is 4. The molecule has 5 heteroatoms. The van der Waals surface area contributed by atoms with E-state index >= 15 is 0 Å². The van der Waals surface area contributed by atoms with E-state index in [0.717, 1.165) is 48.0 Å². The number of hydrogen-bond donors (Lipinski definition) is 2. The van der Waals surface area contributed by atoms with Gasteiger partial charge < -0.3 is 14.9 Å². The first-order valence-electron chi connectivity index (χ1n) is 10.7. The van der Waals surface area contributed by atoms with Gasteiger partial charge in [0.2, 0.25) is 0 Å². The molecule has 152 valence electrons. The maximum Gasteiger partial charge on any atom is 0.146 e. The number of hydrogen-bond acceptors (Lipinski definition) is 3. The zero-order chi connectivity index (χ0) is 20.5. The highest BCUT2D eigenvalue weighted by molar-refractivity contribution is 5.93. The van der Waals surface area contributed by atoms with Crippen molar-refractivity contribution in [2.75, 3.05) is 0 Å². The van der Waals surface area contributed by atoms with Gasteiger partial charge in [-0.3, -0.25) is 5.41 Å². The first-order valence-corrected chi connectivity index (χ1v) is 10.7. The molecule has 0 saturated heterocycles. The fourth-order valence-electron chi connectivity index (χ4n) is 4.70. The highest BCUT2D eigenvalue weighted by Crippen LogP contribution is 2.30. The molecule has 30 heavy (non-hydrogen) atoms. The van der Waals surface area contributed by atoms with E-state index in [2.05, 4.69) is 47.2 Å². The van der Waals surface area contributed by atoms with Gasteiger partial charge in [0, 0.05) is 24.3 Å². The summed E-state index contributed by atoms with van der Waals surface area (Å²) in [4.78, 5) is 4.84. The Morgan fingerprint density at radius 1 is 0.967 bits per heavy atom. The summed E-state index contributed by atoms with van der Waals surface area (Å²) in [6.07, 6.45) is 8.32. The van der Waals surface area contributed by atoms with E-state index in [9.17, 15) is 0 Å². The van der Waals surface area contributed by atoms with Crippen LogP contribution in [0.1, 0.15) is 37.3 Å². The van der Waals surface area contributed by atoms with Crippen molar-refractivity contribution >= 4 is 11.0 Å². The highest BCUT2D eigenvalue weighted by atomic mass is 15.1. The Morgan fingerprint density at radius 2 is 1.67 bits per heavy atom. The van der Waals surface area contributed by atoms with Crippen molar-refractivity contribution in [1.29, 1.82) is 5.41 Å². The Balaban J connectivity index is 1.70. The summed E-state index contributed by atoms with van der Waals surface area (Å²) >= 11 is 0. The second kappa shape index (κ2) is 7.92. The van der Waals surface area contributed by atoms with Gasteiger partial charge in [-0.15, -0.1) is 0 Å². The van der Waals surface area contributed by atoms with Crippen LogP contribution >= 0.6 is 0 Å². The van der Waals surface area contributed by atoms with E-state index in [-0.39, 0.29) is 12.1 Å². The van der Waals surface area contributed by atoms with Gasteiger partial charge in [0.15, 0.2) is 0 Å². The Morgan fingerprint density at radius 3 is 2.40 bits per heavy atom. The van der Waals surface area contributed by atoms with E-state index in [1.165, 1.54) is 12.0 Å². The number of aromatic nitrogens is 3. The zero-order valence-electron chi connectivity index (χ0n) is 17.0. The van der Waals surface area contributed by atoms with Crippen molar-refractivity contribution in [1.82, 2.24) is 14.1 Å². The second-order valence-corrected chi connectivity index (χ2v) is 8.24. The molecule has 0 spiro atoms. The molecular weight excluding hydrogens is 370 g/mol. The summed E-state index contributed by atoms with van der Waals surface area (Å²) in [7, 11) is 0. The van der Waals surface area contributed by atoms with E-state index in [1.807, 2.05) is 35.2 Å². The molecule has 4 aromatic rings. The fourth-order valence-corrected chi connectivity index (χ4v) is 4.70. The SMILES string of the molecule is N=c1c2c(-c3ccccc3)cn(Cc3ccccc3)c2ncn1[C@@H]1CCCC[C@H]1N. The van der Waals surface area contributed by atoms with Gasteiger partial charge in [0.05, 0.1) is 17.8 Å². The average molecular weight is 398 g/mol. The van der Waals surface area contributed by atoms with Gasteiger partial charge in [-0.1, -0.05) is 73.5 Å². The molecule has 5 nitrogen and oxygen atoms in total. The third kappa shape index (κ3) is 3.35. The topological polar surface area (TPSA) is 72.6 Å². The van der Waals surface area contributed by atoms with Crippen molar-refractivity contribution in [2.24, 2.45) is 5.73 Å². The fraction of sp³-hybridized carbons (Fsp3) is 0.280. The number of nitrogens with zero attached hydrogens (tertiary/aromatic N) is 3. The van der Waals surface area contributed by atoms with Gasteiger partial charge in [-0.2, -0.15) is 0 Å². The molecule has 0 radical (unpaired) electrons. The molecule has 1 saturated carbocycles. The first kappa shape index (κ1) is 18.8. The Labute approximate surface area is 176 Å². The summed E-state index contributed by atoms with van der Waals surface area (Å²) < 4.78 is 4.17. The van der Waals surface area contributed by atoms with E-state index in [0.29, 0.717) is 5.49 Å². The van der Waals surface area contributed by atoms with Crippen molar-refractivity contribution in [3.05, 3.63) is 84.2 Å². The van der Waals surface area contributed by atoms with E-state index in [1.54, 1.807) is 0 Å². The quantitative estimate of drug-likeness (QED) is 0.533. The molecule has 2 atom stereocenters. The maximum absolute atomic E-state index is 9.10. The average Bonchev–Trinajstić information content (AvgIpc) is 3.15. The van der Waals surface area contributed by atoms with Gasteiger partial charge in [-0.25, -0.2) is 4.98 Å². The van der Waals surface area contributed by atoms with Crippen LogP contribution in [0.25, 0.3) is 22.2 Å². The van der Waals surface area contributed by atoms with Crippen LogP contribution in [0.4, 0.5) is 0 Å². The number of nitrogens with one attached hydrogen (secondary N) is 1. The first-order chi connectivity index (χ1) is 14.7. The number of benzene rings is 2. The maximum atomic E-state index is 9.10. The summed E-state index contributed by atoms with van der Waals surface area (Å²) in [5, 5.41) is 10.0.